The zero-order chi connectivity index (χ0) is 8.72. The molecule has 12 heavy (non-hydrogen) atoms. The molecule has 2 aliphatic heterocycles. The van der Waals surface area contributed by atoms with E-state index in [1.807, 2.05) is 19.1 Å². The van der Waals surface area contributed by atoms with Crippen molar-refractivity contribution < 1.29 is 14.3 Å². The first-order valence-electron chi connectivity index (χ1n) is 4.14. The van der Waals surface area contributed by atoms with E-state index >= 15 is 0 Å². The monoisotopic (exact) mass is 168 g/mol. The van der Waals surface area contributed by atoms with Crippen LogP contribution >= 0.6 is 0 Å². The molecule has 1 saturated heterocycles. The first kappa shape index (κ1) is 7.95. The first-order chi connectivity index (χ1) is 5.74. The lowest BCUT2D eigenvalue weighted by Crippen LogP contribution is -2.47. The molecule has 3 nitrogen and oxygen atoms in total. The largest absolute Gasteiger partial charge is 0.371 e. The smallest absolute Gasteiger partial charge is 0.170 e. The van der Waals surface area contributed by atoms with Crippen molar-refractivity contribution in [2.24, 2.45) is 5.92 Å². The summed E-state index contributed by atoms with van der Waals surface area (Å²) in [6, 6.07) is 0. The second-order valence-corrected chi connectivity index (χ2v) is 3.30. The third-order valence-electron chi connectivity index (χ3n) is 2.58. The Morgan fingerprint density at radius 3 is 2.75 bits per heavy atom. The summed E-state index contributed by atoms with van der Waals surface area (Å²) in [5.41, 5.74) is 0. The highest BCUT2D eigenvalue weighted by Gasteiger charge is 2.43. The normalized spacial score (nSPS) is 45.3. The molecule has 0 radical (unpaired) electrons. The van der Waals surface area contributed by atoms with Gasteiger partial charge in [0.1, 0.15) is 12.2 Å². The van der Waals surface area contributed by atoms with Gasteiger partial charge in [-0.25, -0.2) is 0 Å². The fourth-order valence-corrected chi connectivity index (χ4v) is 1.78. The van der Waals surface area contributed by atoms with Crippen LogP contribution in [-0.4, -0.2) is 31.2 Å². The Bertz CT molecular complexity index is 234. The lowest BCUT2D eigenvalue weighted by atomic mass is 9.94. The predicted octanol–water partition coefficient (Wildman–Crippen LogP) is 0.544. The van der Waals surface area contributed by atoms with Gasteiger partial charge in [-0.3, -0.25) is 4.79 Å². The van der Waals surface area contributed by atoms with Crippen LogP contribution in [0.4, 0.5) is 0 Å². The standard InChI is InChI=1S/C9H12O3/c1-5-6-3-4-7(12-6)9(11-2)8(5)10/h3-7,9H,1-2H3/t5-,6+,7-,9+/m1/s1. The van der Waals surface area contributed by atoms with Crippen LogP contribution in [0.2, 0.25) is 0 Å². The molecule has 0 saturated carbocycles. The molecule has 2 bridgehead atoms. The number of ketones is 1. The summed E-state index contributed by atoms with van der Waals surface area (Å²) >= 11 is 0. The summed E-state index contributed by atoms with van der Waals surface area (Å²) in [5, 5.41) is 0. The summed E-state index contributed by atoms with van der Waals surface area (Å²) in [5.74, 6) is 0.0914. The Labute approximate surface area is 71.3 Å². The Balaban J connectivity index is 2.25. The average Bonchev–Trinajstić information content (AvgIpc) is 2.49. The Hall–Kier alpha value is -0.670. The highest BCUT2D eigenvalue weighted by molar-refractivity contribution is 5.88. The van der Waals surface area contributed by atoms with Crippen LogP contribution in [0, 0.1) is 5.92 Å². The van der Waals surface area contributed by atoms with Gasteiger partial charge in [0.05, 0.1) is 6.10 Å². The number of Topliss-reactive ketones (excluding diaryl/α,β-unsaturated/α-hetero) is 1. The van der Waals surface area contributed by atoms with E-state index in [-0.39, 0.29) is 23.9 Å². The van der Waals surface area contributed by atoms with Crippen molar-refractivity contribution >= 4 is 5.78 Å². The number of rotatable bonds is 1. The molecule has 0 aromatic heterocycles. The van der Waals surface area contributed by atoms with E-state index in [9.17, 15) is 4.79 Å². The lowest BCUT2D eigenvalue weighted by Gasteiger charge is -2.31. The fourth-order valence-electron chi connectivity index (χ4n) is 1.78. The molecule has 2 aliphatic rings. The van der Waals surface area contributed by atoms with Crippen molar-refractivity contribution in [3.63, 3.8) is 0 Å². The van der Waals surface area contributed by atoms with E-state index in [4.69, 9.17) is 9.47 Å². The molecule has 2 rings (SSSR count). The highest BCUT2D eigenvalue weighted by Crippen LogP contribution is 2.30. The molecule has 0 aromatic carbocycles. The summed E-state index contributed by atoms with van der Waals surface area (Å²) in [7, 11) is 1.55. The van der Waals surface area contributed by atoms with Crippen LogP contribution < -0.4 is 0 Å². The van der Waals surface area contributed by atoms with Gasteiger partial charge in [-0.05, 0) is 0 Å². The van der Waals surface area contributed by atoms with Crippen LogP contribution in [-0.2, 0) is 14.3 Å². The van der Waals surface area contributed by atoms with Crippen LogP contribution in [0.1, 0.15) is 6.92 Å². The van der Waals surface area contributed by atoms with Crippen molar-refractivity contribution in [1.82, 2.24) is 0 Å². The van der Waals surface area contributed by atoms with Gasteiger partial charge in [0.25, 0.3) is 0 Å². The van der Waals surface area contributed by atoms with Gasteiger partial charge < -0.3 is 9.47 Å². The van der Waals surface area contributed by atoms with Crippen LogP contribution in [0.15, 0.2) is 12.2 Å². The molecule has 0 spiro atoms. The molecule has 0 aromatic rings. The maximum atomic E-state index is 11.6. The van der Waals surface area contributed by atoms with Crippen molar-refractivity contribution in [3.05, 3.63) is 12.2 Å². The molecule has 3 heteroatoms. The maximum Gasteiger partial charge on any atom is 0.170 e. The minimum Gasteiger partial charge on any atom is -0.371 e. The number of fused-ring (bicyclic) bond motifs is 2. The molecule has 0 unspecified atom stereocenters. The van der Waals surface area contributed by atoms with Gasteiger partial charge in [-0.1, -0.05) is 19.1 Å². The van der Waals surface area contributed by atoms with Gasteiger partial charge in [0.15, 0.2) is 5.78 Å². The lowest BCUT2D eigenvalue weighted by molar-refractivity contribution is -0.156. The number of carbonyl (C=O) groups is 1. The van der Waals surface area contributed by atoms with E-state index in [0.717, 1.165) is 0 Å². The van der Waals surface area contributed by atoms with Crippen molar-refractivity contribution in [2.75, 3.05) is 7.11 Å². The molecule has 66 valence electrons. The second kappa shape index (κ2) is 2.68. The Kier molecular flexibility index (Phi) is 1.77. The van der Waals surface area contributed by atoms with E-state index in [0.29, 0.717) is 0 Å². The van der Waals surface area contributed by atoms with Crippen LogP contribution in [0.25, 0.3) is 0 Å². The van der Waals surface area contributed by atoms with Gasteiger partial charge >= 0.3 is 0 Å². The Morgan fingerprint density at radius 2 is 2.08 bits per heavy atom. The number of carbonyl (C=O) groups excluding carboxylic acids is 1. The summed E-state index contributed by atoms with van der Waals surface area (Å²) in [6.07, 6.45) is 3.31. The third-order valence-corrected chi connectivity index (χ3v) is 2.58. The molecule has 0 aliphatic carbocycles. The number of methoxy groups -OCH3 is 1. The predicted molar refractivity (Wildman–Crippen MR) is 42.8 cm³/mol. The number of hydrogen-bond donors (Lipinski definition) is 0. The van der Waals surface area contributed by atoms with E-state index < -0.39 is 6.10 Å². The van der Waals surface area contributed by atoms with Crippen molar-refractivity contribution in [3.8, 4) is 0 Å². The van der Waals surface area contributed by atoms with Gasteiger partial charge in [0.2, 0.25) is 0 Å². The molecule has 0 amide bonds. The topological polar surface area (TPSA) is 35.5 Å². The third kappa shape index (κ3) is 0.934. The van der Waals surface area contributed by atoms with E-state index in [1.165, 1.54) is 0 Å². The van der Waals surface area contributed by atoms with E-state index in [2.05, 4.69) is 0 Å². The Morgan fingerprint density at radius 1 is 1.42 bits per heavy atom. The van der Waals surface area contributed by atoms with Crippen LogP contribution in [0.5, 0.6) is 0 Å². The minimum absolute atomic E-state index is 0.0195. The molecule has 1 fully saturated rings. The van der Waals surface area contributed by atoms with Crippen LogP contribution in [0.3, 0.4) is 0 Å². The molecular formula is C9H12O3. The summed E-state index contributed by atoms with van der Waals surface area (Å²) in [4.78, 5) is 11.6. The van der Waals surface area contributed by atoms with Gasteiger partial charge in [0, 0.05) is 13.0 Å². The zero-order valence-electron chi connectivity index (χ0n) is 7.19. The quantitative estimate of drug-likeness (QED) is 0.536. The second-order valence-electron chi connectivity index (χ2n) is 3.30. The van der Waals surface area contributed by atoms with Gasteiger partial charge in [-0.2, -0.15) is 0 Å². The maximum absolute atomic E-state index is 11.6. The molecule has 2 heterocycles. The van der Waals surface area contributed by atoms with Crippen molar-refractivity contribution in [1.29, 1.82) is 0 Å². The van der Waals surface area contributed by atoms with Gasteiger partial charge in [-0.15, -0.1) is 0 Å². The average molecular weight is 168 g/mol. The molecule has 0 N–H and O–H groups in total. The number of ether oxygens (including phenoxy) is 2. The van der Waals surface area contributed by atoms with Crippen molar-refractivity contribution in [2.45, 2.75) is 25.2 Å². The van der Waals surface area contributed by atoms with E-state index in [1.54, 1.807) is 7.11 Å². The molecule has 4 atom stereocenters. The highest BCUT2D eigenvalue weighted by atomic mass is 16.6. The molecular weight excluding hydrogens is 156 g/mol. The SMILES string of the molecule is CO[C@@H]1C(=O)[C@H](C)[C@@H]2C=C[C@H]1O2. The summed E-state index contributed by atoms with van der Waals surface area (Å²) in [6.45, 7) is 1.88. The summed E-state index contributed by atoms with van der Waals surface area (Å²) < 4.78 is 10.6. The number of hydrogen-bond acceptors (Lipinski definition) is 3. The zero-order valence-corrected chi connectivity index (χ0v) is 7.19. The minimum atomic E-state index is -0.394. The first-order valence-corrected chi connectivity index (χ1v) is 4.14. The fraction of sp³-hybridized carbons (Fsp3) is 0.667.